The van der Waals surface area contributed by atoms with Gasteiger partial charge in [-0.15, -0.1) is 0 Å². The molecule has 0 aromatic heterocycles. The zero-order valence-corrected chi connectivity index (χ0v) is 7.81. The van der Waals surface area contributed by atoms with E-state index in [4.69, 9.17) is 9.79 Å². The maximum absolute atomic E-state index is 9.40. The molecule has 0 bridgehead atoms. The fourth-order valence-electron chi connectivity index (χ4n) is 0. The van der Waals surface area contributed by atoms with Crippen molar-refractivity contribution in [3.63, 3.8) is 0 Å². The normalized spacial score (nSPS) is 8.57. The van der Waals surface area contributed by atoms with E-state index in [-0.39, 0.29) is 85.6 Å². The van der Waals surface area contributed by atoms with Crippen molar-refractivity contribution in [3.8, 4) is 0 Å². The second-order valence-corrected chi connectivity index (χ2v) is 8.91. The van der Waals surface area contributed by atoms with Crippen molar-refractivity contribution >= 4 is 55.5 Å². The van der Waals surface area contributed by atoms with Crippen LogP contribution >= 0.6 is 4.10 Å². The van der Waals surface area contributed by atoms with Gasteiger partial charge in [-0.25, -0.2) is 0 Å². The fourth-order valence-corrected chi connectivity index (χ4v) is 0. The van der Waals surface area contributed by atoms with Gasteiger partial charge in [-0.1, -0.05) is 0 Å². The molecular weight excluding hydrogens is 372 g/mol. The third-order valence-electron chi connectivity index (χ3n) is 0. The average Bonchev–Trinajstić information content (AvgIpc) is 0.722. The summed E-state index contributed by atoms with van der Waals surface area (Å²) in [5.74, 6) is 0. The summed E-state index contributed by atoms with van der Waals surface area (Å²) in [6, 6.07) is 0. The standard InChI is InChI=1S/K.HO3P.H2O.U.H/c;1-4(2)3;;;/h;(H-,1,2,3);1H2;;/q;;;-1;/p+1. The second kappa shape index (κ2) is 6.91. The molecule has 4 N–H and O–H groups in total. The first-order valence-electron chi connectivity index (χ1n) is 0.806. The van der Waals surface area contributed by atoms with E-state index in [2.05, 4.69) is 0 Å². The Morgan fingerprint density at radius 3 is 1.43 bits per heavy atom. The molecule has 0 rings (SSSR count). The molecule has 0 fully saturated rings. The Kier molecular flexibility index (Phi) is 16.2. The maximum atomic E-state index is 9.40. The predicted octanol–water partition coefficient (Wildman–Crippen LogP) is -1.84. The van der Waals surface area contributed by atoms with Crippen molar-refractivity contribution in [1.82, 2.24) is 0 Å². The van der Waals surface area contributed by atoms with E-state index in [0.29, 0.717) is 0 Å². The first-order chi connectivity index (χ1) is 2.00. The van der Waals surface area contributed by atoms with Crippen LogP contribution in [0.2, 0.25) is 0 Å². The molecule has 0 saturated heterocycles. The van der Waals surface area contributed by atoms with E-state index in [1.54, 1.807) is 0 Å². The molecule has 4 nitrogen and oxygen atoms in total. The zero-order valence-electron chi connectivity index (χ0n) is 2.75. The minimum absolute atomic E-state index is 0. The molecule has 7 heteroatoms. The van der Waals surface area contributed by atoms with Gasteiger partial charge in [-0.3, -0.25) is 0 Å². The van der Waals surface area contributed by atoms with Crippen LogP contribution in [0.25, 0.3) is 0 Å². The van der Waals surface area contributed by atoms with Gasteiger partial charge in [0.15, 0.2) is 0 Å². The van der Waals surface area contributed by atoms with E-state index in [0.717, 1.165) is 0 Å². The number of hydrogen-bond acceptors (Lipinski definition) is 1. The van der Waals surface area contributed by atoms with Crippen molar-refractivity contribution in [1.29, 1.82) is 0 Å². The van der Waals surface area contributed by atoms with E-state index < -0.39 is 4.10 Å². The Bertz CT molecular complexity index is 57.8. The van der Waals surface area contributed by atoms with Gasteiger partial charge in [0, 0.05) is 0 Å². The second-order valence-electron chi connectivity index (χ2n) is 0.544. The van der Waals surface area contributed by atoms with Gasteiger partial charge < -0.3 is 5.48 Å². The van der Waals surface area contributed by atoms with Crippen LogP contribution in [0.15, 0.2) is 0 Å². The summed E-state index contributed by atoms with van der Waals surface area (Å²) in [7, 11) is 0. The van der Waals surface area contributed by atoms with Crippen molar-refractivity contribution in [3.05, 3.63) is 0 Å². The third kappa shape index (κ3) is 51.9. The van der Waals surface area contributed by atoms with Gasteiger partial charge >= 0.3 is 98.6 Å². The molecule has 0 amide bonds. The summed E-state index contributed by atoms with van der Waals surface area (Å²) < 4.78 is 5.93. The van der Waals surface area contributed by atoms with Gasteiger partial charge in [-0.05, 0) is 0 Å². The Morgan fingerprint density at radius 2 is 1.43 bits per heavy atom. The van der Waals surface area contributed by atoms with Gasteiger partial charge in [0.05, 0.1) is 0 Å². The van der Waals surface area contributed by atoms with Crippen LogP contribution in [0.5, 0.6) is 0 Å². The van der Waals surface area contributed by atoms with E-state index in [9.17, 15) is 4.57 Å². The van der Waals surface area contributed by atoms with E-state index in [1.807, 2.05) is 0 Å². The topological polar surface area (TPSA) is 89.0 Å². The molecule has 39 valence electrons. The van der Waals surface area contributed by atoms with Crippen LogP contribution in [0.4, 0.5) is 0 Å². The fraction of sp³-hybridized carbons (Fsp3) is 0. The summed E-state index contributed by atoms with van der Waals surface area (Å²) in [6.07, 6.45) is 0. The first-order valence-corrected chi connectivity index (χ1v) is 8.00. The summed E-state index contributed by atoms with van der Waals surface area (Å²) in [5.41, 5.74) is 0. The monoisotopic (exact) mass is 377 g/mol. The summed E-state index contributed by atoms with van der Waals surface area (Å²) in [6.45, 7) is 0. The molecule has 0 aliphatic rings. The molecule has 0 radical (unpaired) electrons. The molecule has 0 unspecified atom stereocenters. The van der Waals surface area contributed by atoms with Crippen molar-refractivity contribution in [2.75, 3.05) is 0 Å². The molecule has 0 aromatic rings. The number of hydrogen-bond donors (Lipinski definition) is 2. The molecule has 0 heterocycles. The minimum atomic E-state index is -3.47. The van der Waals surface area contributed by atoms with Gasteiger partial charge in [-0.2, -0.15) is 0 Å². The molecule has 0 atom stereocenters. The Balaban J connectivity index is -0.0000000800. The van der Waals surface area contributed by atoms with Crippen molar-refractivity contribution in [2.45, 2.75) is 0 Å². The predicted molar refractivity (Wildman–Crippen MR) is 22.8 cm³/mol. The summed E-state index contributed by atoms with van der Waals surface area (Å²) in [4.78, 5) is 15.4. The van der Waals surface area contributed by atoms with Crippen LogP contribution in [-0.4, -0.2) is 66.6 Å². The quantitative estimate of drug-likeness (QED) is 0.384. The summed E-state index contributed by atoms with van der Waals surface area (Å²) in [5, 5.41) is 0. The molecule has 0 aliphatic carbocycles. The van der Waals surface area contributed by atoms with Crippen molar-refractivity contribution < 1.29 is 48.6 Å². The molecule has 7 heavy (non-hydrogen) atoms. The number of rotatable bonds is 0. The van der Waals surface area contributed by atoms with E-state index >= 15 is 0 Å². The third-order valence-corrected chi connectivity index (χ3v) is 0. The molecule has 0 aromatic carbocycles. The van der Waals surface area contributed by atoms with Crippen molar-refractivity contribution in [2.24, 2.45) is 0 Å². The molecular formula is H5KO4PU. The van der Waals surface area contributed by atoms with Gasteiger partial charge in [0.1, 0.15) is 0 Å². The Morgan fingerprint density at radius 1 is 1.43 bits per heavy atom. The van der Waals surface area contributed by atoms with E-state index in [1.165, 1.54) is 0 Å². The SMILES string of the molecule is O.O=[P](O)(O)[U].[KH]. The molecule has 0 saturated carbocycles. The molecule has 0 spiro atoms. The Hall–Kier alpha value is 2.80. The first kappa shape index (κ1) is 16.4. The Labute approximate surface area is 102 Å². The van der Waals surface area contributed by atoms with Crippen LogP contribution in [0.3, 0.4) is 0 Å². The van der Waals surface area contributed by atoms with Crippen LogP contribution < -0.4 is 0 Å². The van der Waals surface area contributed by atoms with Crippen LogP contribution in [-0.2, 0) is 4.57 Å². The summed E-state index contributed by atoms with van der Waals surface area (Å²) >= 11 is -0.212. The van der Waals surface area contributed by atoms with Gasteiger partial charge in [0.2, 0.25) is 0 Å². The van der Waals surface area contributed by atoms with Gasteiger partial charge in [0.25, 0.3) is 0 Å². The van der Waals surface area contributed by atoms with Crippen LogP contribution in [0.1, 0.15) is 0 Å². The molecule has 0 aliphatic heterocycles. The van der Waals surface area contributed by atoms with Crippen LogP contribution in [0, 0.1) is 28.8 Å². The average molecular weight is 377 g/mol. The zero-order chi connectivity index (χ0) is 4.50.